The first-order chi connectivity index (χ1) is 20.7. The van der Waals surface area contributed by atoms with Gasteiger partial charge in [-0.15, -0.1) is 0 Å². The number of hydrogen-bond acceptors (Lipinski definition) is 8. The Labute approximate surface area is 249 Å². The summed E-state index contributed by atoms with van der Waals surface area (Å²) in [6.45, 7) is 1.27. The molecule has 0 spiro atoms. The maximum atomic E-state index is 12.7. The second-order valence-electron chi connectivity index (χ2n) is 9.91. The van der Waals surface area contributed by atoms with Crippen LogP contribution in [0.3, 0.4) is 0 Å². The fourth-order valence-electron chi connectivity index (χ4n) is 4.21. The lowest BCUT2D eigenvalue weighted by molar-refractivity contribution is 0.0679. The maximum absolute atomic E-state index is 12.7. The van der Waals surface area contributed by atoms with Crippen LogP contribution in [0.15, 0.2) is 91.0 Å². The summed E-state index contributed by atoms with van der Waals surface area (Å²) in [6, 6.07) is 24.3. The molecular formula is C33H32N4O6. The third-order valence-corrected chi connectivity index (χ3v) is 6.47. The van der Waals surface area contributed by atoms with Gasteiger partial charge in [0.25, 0.3) is 0 Å². The molecule has 0 aliphatic rings. The normalized spacial score (nSPS) is 11.0. The van der Waals surface area contributed by atoms with Crippen molar-refractivity contribution in [2.75, 3.05) is 32.1 Å². The molecule has 10 heteroatoms. The average molecular weight is 581 g/mol. The molecular weight excluding hydrogens is 548 g/mol. The van der Waals surface area contributed by atoms with Gasteiger partial charge >= 0.3 is 11.9 Å². The summed E-state index contributed by atoms with van der Waals surface area (Å²) in [7, 11) is 3.94. The van der Waals surface area contributed by atoms with Crippen molar-refractivity contribution >= 4 is 29.5 Å². The molecule has 2 N–H and O–H groups in total. The quantitative estimate of drug-likeness (QED) is 0.156. The van der Waals surface area contributed by atoms with Gasteiger partial charge < -0.3 is 19.8 Å². The summed E-state index contributed by atoms with van der Waals surface area (Å²) in [5, 5.41) is 18.6. The molecule has 220 valence electrons. The molecule has 4 aromatic rings. The smallest absolute Gasteiger partial charge is 0.354 e. The van der Waals surface area contributed by atoms with Gasteiger partial charge in [0.1, 0.15) is 23.7 Å². The molecule has 2 aromatic carbocycles. The molecule has 10 nitrogen and oxygen atoms in total. The number of carbonyl (C=O) groups excluding carboxylic acids is 1. The number of aromatic carboxylic acids is 2. The van der Waals surface area contributed by atoms with E-state index >= 15 is 0 Å². The number of hydrogen-bond donors (Lipinski definition) is 2. The van der Waals surface area contributed by atoms with Crippen LogP contribution in [0.1, 0.15) is 48.3 Å². The number of ketones is 1. The number of ether oxygens (including phenoxy) is 1. The minimum atomic E-state index is -1.12. The van der Waals surface area contributed by atoms with Crippen molar-refractivity contribution in [2.24, 2.45) is 0 Å². The molecule has 4 rings (SSSR count). The van der Waals surface area contributed by atoms with Crippen LogP contribution in [-0.2, 0) is 13.1 Å². The lowest BCUT2D eigenvalue weighted by Gasteiger charge is -2.22. The largest absolute Gasteiger partial charge is 0.492 e. The molecule has 0 radical (unpaired) electrons. The molecule has 0 aliphatic heterocycles. The van der Waals surface area contributed by atoms with Crippen molar-refractivity contribution in [2.45, 2.75) is 13.1 Å². The van der Waals surface area contributed by atoms with Gasteiger partial charge in [-0.1, -0.05) is 30.3 Å². The molecule has 2 heterocycles. The van der Waals surface area contributed by atoms with Gasteiger partial charge in [-0.25, -0.2) is 19.6 Å². The van der Waals surface area contributed by atoms with Crippen LogP contribution in [-0.4, -0.2) is 70.0 Å². The second kappa shape index (κ2) is 14.5. The number of allylic oxidation sites excluding steroid dienone is 1. The van der Waals surface area contributed by atoms with Crippen LogP contribution in [0, 0.1) is 0 Å². The first-order valence-electron chi connectivity index (χ1n) is 13.5. The first kappa shape index (κ1) is 30.6. The Morgan fingerprint density at radius 2 is 1.33 bits per heavy atom. The van der Waals surface area contributed by atoms with E-state index in [1.807, 2.05) is 48.2 Å². The fourth-order valence-corrected chi connectivity index (χ4v) is 4.21. The topological polar surface area (TPSA) is 133 Å². The number of carboxylic acids is 2. The summed E-state index contributed by atoms with van der Waals surface area (Å²) in [4.78, 5) is 47.8. The summed E-state index contributed by atoms with van der Waals surface area (Å²) >= 11 is 0. The van der Waals surface area contributed by atoms with Crippen molar-refractivity contribution in [3.8, 4) is 5.75 Å². The van der Waals surface area contributed by atoms with Gasteiger partial charge in [0.2, 0.25) is 0 Å². The molecule has 0 fully saturated rings. The number of benzene rings is 2. The Morgan fingerprint density at radius 3 is 1.84 bits per heavy atom. The number of anilines is 1. The fraction of sp³-hybridized carbons (Fsp3) is 0.182. The summed E-state index contributed by atoms with van der Waals surface area (Å²) in [5.41, 5.74) is 3.49. The molecule has 0 atom stereocenters. The Balaban J connectivity index is 1.38. The molecule has 2 aromatic heterocycles. The van der Waals surface area contributed by atoms with Crippen LogP contribution in [0.25, 0.3) is 6.08 Å². The Hall–Kier alpha value is -5.35. The first-order valence-corrected chi connectivity index (χ1v) is 13.5. The minimum absolute atomic E-state index is 0.0635. The second-order valence-corrected chi connectivity index (χ2v) is 9.91. The van der Waals surface area contributed by atoms with Gasteiger partial charge in [0, 0.05) is 45.0 Å². The van der Waals surface area contributed by atoms with Crippen LogP contribution in [0.2, 0.25) is 0 Å². The Bertz CT molecular complexity index is 1540. The van der Waals surface area contributed by atoms with Gasteiger partial charge in [0.15, 0.2) is 5.78 Å². The molecule has 0 saturated carbocycles. The Kier molecular flexibility index (Phi) is 10.3. The molecule has 0 amide bonds. The summed E-state index contributed by atoms with van der Waals surface area (Å²) in [6.07, 6.45) is 3.32. The van der Waals surface area contributed by atoms with E-state index in [4.69, 9.17) is 4.74 Å². The lowest BCUT2D eigenvalue weighted by atomic mass is 10.1. The van der Waals surface area contributed by atoms with Crippen molar-refractivity contribution in [3.05, 3.63) is 125 Å². The number of pyridine rings is 2. The molecule has 0 saturated heterocycles. The third kappa shape index (κ3) is 9.07. The number of aromatic nitrogens is 2. The average Bonchev–Trinajstić information content (AvgIpc) is 3.00. The van der Waals surface area contributed by atoms with Crippen LogP contribution >= 0.6 is 0 Å². The van der Waals surface area contributed by atoms with Crippen LogP contribution in [0.5, 0.6) is 5.75 Å². The highest BCUT2D eigenvalue weighted by molar-refractivity contribution is 6.06. The van der Waals surface area contributed by atoms with E-state index < -0.39 is 11.9 Å². The van der Waals surface area contributed by atoms with E-state index in [2.05, 4.69) is 9.97 Å². The number of carboxylic acid groups (broad SMARTS) is 2. The van der Waals surface area contributed by atoms with Gasteiger partial charge in [-0.05, 0) is 72.3 Å². The zero-order valence-electron chi connectivity index (χ0n) is 23.9. The highest BCUT2D eigenvalue weighted by Gasteiger charge is 2.14. The van der Waals surface area contributed by atoms with Crippen molar-refractivity contribution in [1.82, 2.24) is 14.9 Å². The third-order valence-electron chi connectivity index (χ3n) is 6.47. The van der Waals surface area contributed by atoms with E-state index in [1.165, 1.54) is 12.1 Å². The van der Waals surface area contributed by atoms with E-state index in [1.54, 1.807) is 60.7 Å². The van der Waals surface area contributed by atoms with Crippen molar-refractivity contribution in [3.63, 3.8) is 0 Å². The molecule has 43 heavy (non-hydrogen) atoms. The zero-order valence-corrected chi connectivity index (χ0v) is 23.9. The van der Waals surface area contributed by atoms with Crippen LogP contribution in [0.4, 0.5) is 5.69 Å². The van der Waals surface area contributed by atoms with Crippen molar-refractivity contribution < 1.29 is 29.3 Å². The van der Waals surface area contributed by atoms with Gasteiger partial charge in [-0.2, -0.15) is 0 Å². The van der Waals surface area contributed by atoms with E-state index in [9.17, 15) is 24.6 Å². The van der Waals surface area contributed by atoms with Crippen LogP contribution < -0.4 is 9.64 Å². The molecule has 0 aliphatic carbocycles. The van der Waals surface area contributed by atoms with Gasteiger partial charge in [-0.3, -0.25) is 9.69 Å². The van der Waals surface area contributed by atoms with Gasteiger partial charge in [0.05, 0.1) is 11.4 Å². The predicted octanol–water partition coefficient (Wildman–Crippen LogP) is 4.92. The summed E-state index contributed by atoms with van der Waals surface area (Å²) < 4.78 is 5.93. The number of nitrogens with zero attached hydrogens (tertiary/aromatic N) is 4. The number of rotatable bonds is 14. The number of carbonyl (C=O) groups is 3. The highest BCUT2D eigenvalue weighted by atomic mass is 16.5. The van der Waals surface area contributed by atoms with E-state index in [0.717, 1.165) is 11.3 Å². The van der Waals surface area contributed by atoms with E-state index in [0.29, 0.717) is 42.3 Å². The Morgan fingerprint density at radius 1 is 0.767 bits per heavy atom. The zero-order chi connectivity index (χ0) is 30.8. The van der Waals surface area contributed by atoms with Crippen molar-refractivity contribution in [1.29, 1.82) is 0 Å². The minimum Gasteiger partial charge on any atom is -0.492 e. The molecule has 0 unspecified atom stereocenters. The standard InChI is InChI=1S/C33H32N4O6/c1-36(2)27-14-9-23(10-15-27)11-18-31(38)24-12-16-28(17-13-24)43-20-19-37(21-25-5-3-7-29(34-25)32(39)40)22-26-6-4-8-30(35-26)33(41)42/h3-18H,19-22H2,1-2H3,(H,39,40)(H,41,42)/b18-11+. The van der Waals surface area contributed by atoms with E-state index in [-0.39, 0.29) is 23.8 Å². The monoisotopic (exact) mass is 580 g/mol. The predicted molar refractivity (Wildman–Crippen MR) is 163 cm³/mol. The lowest BCUT2D eigenvalue weighted by Crippen LogP contribution is -2.29. The highest BCUT2D eigenvalue weighted by Crippen LogP contribution is 2.16. The SMILES string of the molecule is CN(C)c1ccc(/C=C/C(=O)c2ccc(OCCN(Cc3cccc(C(=O)O)n3)Cc3cccc(C(=O)O)n3)cc2)cc1. The molecule has 0 bridgehead atoms. The maximum Gasteiger partial charge on any atom is 0.354 e. The summed E-state index contributed by atoms with van der Waals surface area (Å²) in [5.74, 6) is -1.79.